The van der Waals surface area contributed by atoms with E-state index in [-0.39, 0.29) is 23.2 Å². The highest BCUT2D eigenvalue weighted by Crippen LogP contribution is 2.28. The van der Waals surface area contributed by atoms with E-state index in [4.69, 9.17) is 4.74 Å². The van der Waals surface area contributed by atoms with E-state index in [1.165, 1.54) is 13.5 Å². The number of carbonyl (C=O) groups is 2. The molecule has 1 atom stereocenters. The number of rotatable bonds is 6. The molecule has 0 unspecified atom stereocenters. The minimum absolute atomic E-state index is 0.00664. The fraction of sp³-hybridized carbons (Fsp3) is 0.435. The predicted octanol–water partition coefficient (Wildman–Crippen LogP) is 3.21. The zero-order valence-corrected chi connectivity index (χ0v) is 17.7. The van der Waals surface area contributed by atoms with Gasteiger partial charge < -0.3 is 19.9 Å². The Labute approximate surface area is 176 Å². The quantitative estimate of drug-likeness (QED) is 0.764. The zero-order chi connectivity index (χ0) is 21.7. The van der Waals surface area contributed by atoms with Gasteiger partial charge in [0, 0.05) is 25.5 Å². The lowest BCUT2D eigenvalue weighted by Crippen LogP contribution is -2.36. The van der Waals surface area contributed by atoms with Crippen molar-refractivity contribution in [3.63, 3.8) is 0 Å². The van der Waals surface area contributed by atoms with Crippen LogP contribution in [0.25, 0.3) is 0 Å². The summed E-state index contributed by atoms with van der Waals surface area (Å²) in [6.07, 6.45) is 8.51. The van der Waals surface area contributed by atoms with Crippen LogP contribution in [-0.2, 0) is 0 Å². The number of benzene rings is 1. The van der Waals surface area contributed by atoms with Crippen molar-refractivity contribution in [2.24, 2.45) is 0 Å². The molecule has 1 aliphatic rings. The second kappa shape index (κ2) is 9.61. The summed E-state index contributed by atoms with van der Waals surface area (Å²) in [5.74, 6) is -0.244. The van der Waals surface area contributed by atoms with Crippen molar-refractivity contribution in [3.05, 3.63) is 63.6 Å². The number of carbonyl (C=O) groups excluding carboxylic acids is 2. The summed E-state index contributed by atoms with van der Waals surface area (Å²) < 4.78 is 7.04. The van der Waals surface area contributed by atoms with E-state index in [1.54, 1.807) is 19.5 Å². The van der Waals surface area contributed by atoms with E-state index in [2.05, 4.69) is 10.6 Å². The first kappa shape index (κ1) is 21.6. The number of aromatic nitrogens is 1. The van der Waals surface area contributed by atoms with Gasteiger partial charge in [-0.3, -0.25) is 14.4 Å². The molecule has 1 aliphatic carbocycles. The van der Waals surface area contributed by atoms with E-state index in [1.807, 2.05) is 35.8 Å². The molecule has 0 aliphatic heterocycles. The SMILES string of the molecule is CNC(=O)c1cn(C2CCCCC2)cc(C(=O)N[C@H](C)c2ccc(OC)cc2)c1=O. The smallest absolute Gasteiger partial charge is 0.257 e. The van der Waals surface area contributed by atoms with Crippen molar-refractivity contribution in [1.29, 1.82) is 0 Å². The molecule has 7 nitrogen and oxygen atoms in total. The minimum atomic E-state index is -0.555. The topological polar surface area (TPSA) is 89.4 Å². The summed E-state index contributed by atoms with van der Waals surface area (Å²) in [5, 5.41) is 5.38. The second-order valence-electron chi connectivity index (χ2n) is 7.70. The Kier molecular flexibility index (Phi) is 6.92. The molecule has 7 heteroatoms. The van der Waals surface area contributed by atoms with Crippen LogP contribution in [0, 0.1) is 0 Å². The van der Waals surface area contributed by atoms with Crippen molar-refractivity contribution in [1.82, 2.24) is 15.2 Å². The first-order valence-corrected chi connectivity index (χ1v) is 10.4. The van der Waals surface area contributed by atoms with Gasteiger partial charge in [-0.2, -0.15) is 0 Å². The van der Waals surface area contributed by atoms with Crippen LogP contribution in [0.3, 0.4) is 0 Å². The third-order valence-electron chi connectivity index (χ3n) is 5.72. The van der Waals surface area contributed by atoms with Gasteiger partial charge in [0.15, 0.2) is 0 Å². The van der Waals surface area contributed by atoms with Gasteiger partial charge in [0.25, 0.3) is 11.8 Å². The third-order valence-corrected chi connectivity index (χ3v) is 5.72. The van der Waals surface area contributed by atoms with Crippen LogP contribution < -0.4 is 20.8 Å². The summed E-state index contributed by atoms with van der Waals surface area (Å²) in [5.41, 5.74) is 0.315. The van der Waals surface area contributed by atoms with E-state index >= 15 is 0 Å². The van der Waals surface area contributed by atoms with Gasteiger partial charge in [0.2, 0.25) is 5.43 Å². The predicted molar refractivity (Wildman–Crippen MR) is 115 cm³/mol. The molecule has 1 saturated carbocycles. The Morgan fingerprint density at radius 2 is 1.63 bits per heavy atom. The van der Waals surface area contributed by atoms with E-state index in [0.717, 1.165) is 37.0 Å². The van der Waals surface area contributed by atoms with Gasteiger partial charge in [-0.05, 0) is 37.5 Å². The van der Waals surface area contributed by atoms with Crippen molar-refractivity contribution in [2.45, 2.75) is 51.1 Å². The summed E-state index contributed by atoms with van der Waals surface area (Å²) in [7, 11) is 3.07. The van der Waals surface area contributed by atoms with Crippen molar-refractivity contribution in [2.75, 3.05) is 14.2 Å². The molecule has 30 heavy (non-hydrogen) atoms. The molecule has 1 aromatic heterocycles. The number of hydrogen-bond acceptors (Lipinski definition) is 4. The molecule has 1 fully saturated rings. The lowest BCUT2D eigenvalue weighted by molar-refractivity contribution is 0.0937. The highest BCUT2D eigenvalue weighted by molar-refractivity contribution is 5.99. The Bertz CT molecular complexity index is 959. The molecule has 2 amide bonds. The average molecular weight is 412 g/mol. The number of nitrogens with zero attached hydrogens (tertiary/aromatic N) is 1. The summed E-state index contributed by atoms with van der Waals surface area (Å²) in [6, 6.07) is 7.25. The molecule has 0 spiro atoms. The van der Waals surface area contributed by atoms with Gasteiger partial charge >= 0.3 is 0 Å². The maximum atomic E-state index is 13.0. The van der Waals surface area contributed by atoms with Crippen LogP contribution in [0.2, 0.25) is 0 Å². The fourth-order valence-electron chi connectivity index (χ4n) is 3.90. The molecule has 2 aromatic rings. The van der Waals surface area contributed by atoms with Gasteiger partial charge in [-0.25, -0.2) is 0 Å². The molecule has 0 saturated heterocycles. The first-order valence-electron chi connectivity index (χ1n) is 10.4. The Morgan fingerprint density at radius 3 is 2.20 bits per heavy atom. The Morgan fingerprint density at radius 1 is 1.03 bits per heavy atom. The van der Waals surface area contributed by atoms with Crippen LogP contribution in [0.5, 0.6) is 5.75 Å². The number of pyridine rings is 1. The lowest BCUT2D eigenvalue weighted by atomic mass is 9.95. The zero-order valence-electron chi connectivity index (χ0n) is 17.7. The Hall–Kier alpha value is -3.09. The maximum absolute atomic E-state index is 13.0. The third kappa shape index (κ3) is 4.72. The molecule has 0 bridgehead atoms. The molecule has 2 N–H and O–H groups in total. The molecule has 1 aromatic carbocycles. The van der Waals surface area contributed by atoms with Gasteiger partial charge in [0.05, 0.1) is 13.2 Å². The van der Waals surface area contributed by atoms with Crippen LogP contribution in [-0.4, -0.2) is 30.5 Å². The molecule has 0 radical (unpaired) electrons. The molecule has 160 valence electrons. The molecule has 3 rings (SSSR count). The second-order valence-corrected chi connectivity index (χ2v) is 7.70. The summed E-state index contributed by atoms with van der Waals surface area (Å²) in [6.45, 7) is 1.85. The number of nitrogens with one attached hydrogen (secondary N) is 2. The molecule has 1 heterocycles. The standard InChI is InChI=1S/C23H29N3O4/c1-15(16-9-11-18(30-3)12-10-16)25-23(29)20-14-26(17-7-5-4-6-8-17)13-19(21(20)27)22(28)24-2/h9-15,17H,4-8H2,1-3H3,(H,24,28)(H,25,29)/t15-/m1/s1. The minimum Gasteiger partial charge on any atom is -0.497 e. The Balaban J connectivity index is 1.90. The molecular formula is C23H29N3O4. The summed E-state index contributed by atoms with van der Waals surface area (Å²) in [4.78, 5) is 38.2. The number of ether oxygens (including phenoxy) is 1. The number of amides is 2. The monoisotopic (exact) mass is 411 g/mol. The van der Waals surface area contributed by atoms with Crippen molar-refractivity contribution >= 4 is 11.8 Å². The first-order chi connectivity index (χ1) is 14.4. The van der Waals surface area contributed by atoms with Crippen LogP contribution in [0.15, 0.2) is 41.5 Å². The lowest BCUT2D eigenvalue weighted by Gasteiger charge is -2.25. The van der Waals surface area contributed by atoms with Gasteiger partial charge in [-0.15, -0.1) is 0 Å². The van der Waals surface area contributed by atoms with Crippen LogP contribution >= 0.6 is 0 Å². The number of hydrogen-bond donors (Lipinski definition) is 2. The number of methoxy groups -OCH3 is 1. The van der Waals surface area contributed by atoms with Gasteiger partial charge in [0.1, 0.15) is 16.9 Å². The van der Waals surface area contributed by atoms with Crippen LogP contribution in [0.1, 0.15) is 77.4 Å². The van der Waals surface area contributed by atoms with E-state index in [9.17, 15) is 14.4 Å². The van der Waals surface area contributed by atoms with E-state index in [0.29, 0.717) is 0 Å². The molecular weight excluding hydrogens is 382 g/mol. The largest absolute Gasteiger partial charge is 0.497 e. The van der Waals surface area contributed by atoms with Crippen LogP contribution in [0.4, 0.5) is 0 Å². The average Bonchev–Trinajstić information content (AvgIpc) is 2.79. The highest BCUT2D eigenvalue weighted by Gasteiger charge is 2.23. The normalized spacial score (nSPS) is 15.3. The fourth-order valence-corrected chi connectivity index (χ4v) is 3.90. The van der Waals surface area contributed by atoms with Crippen molar-refractivity contribution < 1.29 is 14.3 Å². The van der Waals surface area contributed by atoms with Gasteiger partial charge in [-0.1, -0.05) is 31.4 Å². The van der Waals surface area contributed by atoms with E-state index < -0.39 is 17.2 Å². The highest BCUT2D eigenvalue weighted by atomic mass is 16.5. The maximum Gasteiger partial charge on any atom is 0.257 e. The summed E-state index contributed by atoms with van der Waals surface area (Å²) >= 11 is 0. The van der Waals surface area contributed by atoms with Crippen molar-refractivity contribution in [3.8, 4) is 5.75 Å².